The van der Waals surface area contributed by atoms with Crippen LogP contribution in [0.4, 0.5) is 0 Å². The first-order valence-electron chi connectivity index (χ1n) is 7.77. The van der Waals surface area contributed by atoms with E-state index in [-0.39, 0.29) is 22.8 Å². The van der Waals surface area contributed by atoms with Crippen LogP contribution in [0.5, 0.6) is 0 Å². The Hall–Kier alpha value is -0.160. The zero-order valence-electron chi connectivity index (χ0n) is 13.9. The first-order chi connectivity index (χ1) is 9.26. The minimum absolute atomic E-state index is 0.0661. The highest BCUT2D eigenvalue weighted by atomic mass is 16.5. The van der Waals surface area contributed by atoms with E-state index in [0.29, 0.717) is 5.92 Å². The Labute approximate surface area is 123 Å². The fraction of sp³-hybridized carbons (Fsp3) is 1.00. The second-order valence-corrected chi connectivity index (χ2v) is 7.42. The van der Waals surface area contributed by atoms with Gasteiger partial charge in [-0.25, -0.2) is 0 Å². The number of nitrogens with one attached hydrogen (secondary N) is 1. The molecule has 2 atom stereocenters. The summed E-state index contributed by atoms with van der Waals surface area (Å²) in [5.41, 5.74) is -0.344. The van der Waals surface area contributed by atoms with Crippen LogP contribution in [0.25, 0.3) is 0 Å². The van der Waals surface area contributed by atoms with Gasteiger partial charge in [-0.2, -0.15) is 0 Å². The Morgan fingerprint density at radius 3 is 2.15 bits per heavy atom. The molecule has 2 rings (SSSR count). The van der Waals surface area contributed by atoms with Crippen LogP contribution in [0.15, 0.2) is 0 Å². The zero-order valence-corrected chi connectivity index (χ0v) is 13.9. The molecule has 1 N–H and O–H groups in total. The molecule has 118 valence electrons. The Morgan fingerprint density at radius 2 is 1.75 bits per heavy atom. The molecule has 2 heterocycles. The van der Waals surface area contributed by atoms with Crippen LogP contribution < -0.4 is 5.32 Å². The van der Waals surface area contributed by atoms with Gasteiger partial charge in [0.05, 0.1) is 16.8 Å². The number of rotatable bonds is 4. The van der Waals surface area contributed by atoms with Crippen molar-refractivity contribution in [3.63, 3.8) is 0 Å². The summed E-state index contributed by atoms with van der Waals surface area (Å²) in [6.45, 7) is 10.3. The lowest BCUT2D eigenvalue weighted by Crippen LogP contribution is -2.60. The molecule has 2 saturated heterocycles. The van der Waals surface area contributed by atoms with Crippen molar-refractivity contribution in [1.82, 2.24) is 5.32 Å². The minimum atomic E-state index is -0.140. The first-order valence-corrected chi connectivity index (χ1v) is 7.77. The molecule has 2 unspecified atom stereocenters. The molecule has 20 heavy (non-hydrogen) atoms. The van der Waals surface area contributed by atoms with Gasteiger partial charge >= 0.3 is 0 Å². The predicted octanol–water partition coefficient (Wildman–Crippen LogP) is 2.36. The summed E-state index contributed by atoms with van der Waals surface area (Å²) in [6.07, 6.45) is 2.95. The van der Waals surface area contributed by atoms with E-state index in [4.69, 9.17) is 14.2 Å². The third kappa shape index (κ3) is 2.89. The van der Waals surface area contributed by atoms with E-state index in [9.17, 15) is 0 Å². The normalized spacial score (nSPS) is 33.0. The van der Waals surface area contributed by atoms with E-state index < -0.39 is 0 Å². The third-order valence-electron chi connectivity index (χ3n) is 5.17. The molecular weight excluding hydrogens is 254 g/mol. The Balaban J connectivity index is 2.27. The molecule has 0 aromatic heterocycles. The summed E-state index contributed by atoms with van der Waals surface area (Å²) in [5, 5.41) is 3.54. The van der Waals surface area contributed by atoms with Gasteiger partial charge in [-0.05, 0) is 41.2 Å². The van der Waals surface area contributed by atoms with E-state index >= 15 is 0 Å². The Bertz CT molecular complexity index is 335. The van der Waals surface area contributed by atoms with Gasteiger partial charge in [0.2, 0.25) is 0 Å². The highest BCUT2D eigenvalue weighted by molar-refractivity contribution is 5.07. The van der Waals surface area contributed by atoms with Crippen molar-refractivity contribution < 1.29 is 14.2 Å². The van der Waals surface area contributed by atoms with Crippen molar-refractivity contribution in [1.29, 1.82) is 0 Å². The van der Waals surface area contributed by atoms with Gasteiger partial charge in [0.25, 0.3) is 0 Å². The van der Waals surface area contributed by atoms with Crippen molar-refractivity contribution in [2.24, 2.45) is 5.92 Å². The lowest BCUT2D eigenvalue weighted by Gasteiger charge is -2.47. The maximum absolute atomic E-state index is 6.29. The van der Waals surface area contributed by atoms with E-state index in [1.165, 1.54) is 0 Å². The second kappa shape index (κ2) is 5.56. The molecule has 2 aliphatic heterocycles. The quantitative estimate of drug-likeness (QED) is 0.861. The van der Waals surface area contributed by atoms with E-state index in [2.05, 4.69) is 33.0 Å². The molecule has 0 radical (unpaired) electrons. The second-order valence-electron chi connectivity index (χ2n) is 7.42. The monoisotopic (exact) mass is 285 g/mol. The molecule has 0 spiro atoms. The number of likely N-dealkylation sites (N-methyl/N-ethyl adjacent to an activating group) is 1. The van der Waals surface area contributed by atoms with Gasteiger partial charge < -0.3 is 19.5 Å². The van der Waals surface area contributed by atoms with Crippen molar-refractivity contribution >= 4 is 0 Å². The van der Waals surface area contributed by atoms with Crippen LogP contribution in [0.3, 0.4) is 0 Å². The smallest absolute Gasteiger partial charge is 0.0878 e. The van der Waals surface area contributed by atoms with Crippen LogP contribution >= 0.6 is 0 Å². The number of methoxy groups -OCH3 is 1. The van der Waals surface area contributed by atoms with Crippen LogP contribution in [0, 0.1) is 5.92 Å². The Kier molecular flexibility index (Phi) is 4.51. The minimum Gasteiger partial charge on any atom is -0.381 e. The van der Waals surface area contributed by atoms with Crippen LogP contribution in [-0.4, -0.2) is 50.2 Å². The SMILES string of the molecule is CNC(C1CC(C)(C)OC1(C)C)C1(OC)CCOCC1. The zero-order chi connectivity index (χ0) is 15.0. The van der Waals surface area contributed by atoms with Gasteiger partial charge in [0, 0.05) is 45.1 Å². The summed E-state index contributed by atoms with van der Waals surface area (Å²) < 4.78 is 17.8. The molecule has 0 bridgehead atoms. The third-order valence-corrected chi connectivity index (χ3v) is 5.17. The molecule has 0 amide bonds. The van der Waals surface area contributed by atoms with Gasteiger partial charge in [-0.15, -0.1) is 0 Å². The summed E-state index contributed by atoms with van der Waals surface area (Å²) >= 11 is 0. The van der Waals surface area contributed by atoms with Crippen LogP contribution in [0.2, 0.25) is 0 Å². The highest BCUT2D eigenvalue weighted by Crippen LogP contribution is 2.47. The number of ether oxygens (including phenoxy) is 3. The molecule has 2 fully saturated rings. The Morgan fingerprint density at radius 1 is 1.15 bits per heavy atom. The molecule has 0 aromatic rings. The maximum atomic E-state index is 6.29. The largest absolute Gasteiger partial charge is 0.381 e. The molecule has 0 saturated carbocycles. The van der Waals surface area contributed by atoms with Crippen molar-refractivity contribution in [3.05, 3.63) is 0 Å². The first kappa shape index (κ1) is 16.2. The molecule has 4 heteroatoms. The summed E-state index contributed by atoms with van der Waals surface area (Å²) in [6, 6.07) is 0.285. The van der Waals surface area contributed by atoms with E-state index in [1.54, 1.807) is 0 Å². The fourth-order valence-electron chi connectivity index (χ4n) is 4.31. The van der Waals surface area contributed by atoms with Gasteiger partial charge in [0.1, 0.15) is 0 Å². The maximum Gasteiger partial charge on any atom is 0.0878 e. The average molecular weight is 285 g/mol. The van der Waals surface area contributed by atoms with Crippen LogP contribution in [0.1, 0.15) is 47.0 Å². The van der Waals surface area contributed by atoms with Crippen molar-refractivity contribution in [3.8, 4) is 0 Å². The molecule has 0 aliphatic carbocycles. The highest BCUT2D eigenvalue weighted by Gasteiger charge is 2.54. The lowest BCUT2D eigenvalue weighted by atomic mass is 9.72. The molecule has 0 aromatic carbocycles. The standard InChI is InChI=1S/C16H31NO3/c1-14(2)11-12(15(3,4)20-14)13(17-5)16(18-6)7-9-19-10-8-16/h12-13,17H,7-11H2,1-6H3. The lowest BCUT2D eigenvalue weighted by molar-refractivity contribution is -0.136. The number of hydrogen-bond donors (Lipinski definition) is 1. The topological polar surface area (TPSA) is 39.7 Å². The molecule has 4 nitrogen and oxygen atoms in total. The fourth-order valence-corrected chi connectivity index (χ4v) is 4.31. The average Bonchev–Trinajstić information content (AvgIpc) is 2.59. The van der Waals surface area contributed by atoms with Gasteiger partial charge in [0.15, 0.2) is 0 Å². The predicted molar refractivity (Wildman–Crippen MR) is 80.0 cm³/mol. The summed E-state index contributed by atoms with van der Waals surface area (Å²) in [4.78, 5) is 0. The van der Waals surface area contributed by atoms with Crippen LogP contribution in [-0.2, 0) is 14.2 Å². The number of hydrogen-bond acceptors (Lipinski definition) is 4. The summed E-state index contributed by atoms with van der Waals surface area (Å²) in [5.74, 6) is 0.431. The van der Waals surface area contributed by atoms with Gasteiger partial charge in [-0.1, -0.05) is 0 Å². The van der Waals surface area contributed by atoms with Crippen molar-refractivity contribution in [2.45, 2.75) is 69.8 Å². The molecule has 2 aliphatic rings. The van der Waals surface area contributed by atoms with Crippen molar-refractivity contribution in [2.75, 3.05) is 27.4 Å². The van der Waals surface area contributed by atoms with E-state index in [1.807, 2.05) is 14.2 Å². The van der Waals surface area contributed by atoms with E-state index in [0.717, 1.165) is 32.5 Å². The molecular formula is C16H31NO3. The summed E-state index contributed by atoms with van der Waals surface area (Å²) in [7, 11) is 3.88. The van der Waals surface area contributed by atoms with Gasteiger partial charge in [-0.3, -0.25) is 0 Å².